The van der Waals surface area contributed by atoms with Crippen LogP contribution in [0.5, 0.6) is 0 Å². The fourth-order valence-corrected chi connectivity index (χ4v) is 2.12. The van der Waals surface area contributed by atoms with E-state index in [1.54, 1.807) is 0 Å². The Morgan fingerprint density at radius 2 is 2.14 bits per heavy atom. The molecule has 0 spiro atoms. The van der Waals surface area contributed by atoms with Crippen LogP contribution in [0.4, 0.5) is 0 Å². The van der Waals surface area contributed by atoms with Gasteiger partial charge in [0, 0.05) is 24.2 Å². The predicted octanol–water partition coefficient (Wildman–Crippen LogP) is 3.23. The third kappa shape index (κ3) is 5.42. The lowest BCUT2D eigenvalue weighted by molar-refractivity contribution is 0.833. The minimum absolute atomic E-state index is 1.09. The summed E-state index contributed by atoms with van der Waals surface area (Å²) >= 11 is 0. The van der Waals surface area contributed by atoms with E-state index in [0.29, 0.717) is 0 Å². The first-order valence-corrected chi connectivity index (χ1v) is 7.54. The molecule has 0 aliphatic rings. The van der Waals surface area contributed by atoms with Crippen molar-refractivity contribution in [1.29, 1.82) is 0 Å². The Kier molecular flexibility index (Phi) is 7.88. The van der Waals surface area contributed by atoms with Crippen LogP contribution in [-0.2, 0) is 0 Å². The number of nitrogens with one attached hydrogen (secondary N) is 1. The second-order valence-corrected chi connectivity index (χ2v) is 4.86. The summed E-state index contributed by atoms with van der Waals surface area (Å²) in [6.45, 7) is 7.80. The van der Waals surface area contributed by atoms with Crippen molar-refractivity contribution in [3.63, 3.8) is 0 Å². The van der Waals surface area contributed by atoms with Crippen molar-refractivity contribution in [3.05, 3.63) is 52.4 Å². The van der Waals surface area contributed by atoms with Gasteiger partial charge in [0.05, 0.1) is 0 Å². The summed E-state index contributed by atoms with van der Waals surface area (Å²) in [4.78, 5) is 3.93. The fourth-order valence-electron chi connectivity index (χ4n) is 2.12. The Bertz CT molecular complexity index is 621. The molecule has 1 N–H and O–H groups in total. The van der Waals surface area contributed by atoms with E-state index in [0.717, 1.165) is 22.9 Å². The molecule has 0 saturated heterocycles. The molecule has 2 nitrogen and oxygen atoms in total. The molecule has 0 aromatic heterocycles. The first-order chi connectivity index (χ1) is 10.3. The molecule has 0 heterocycles. The molecular weight excluding hydrogens is 256 g/mol. The summed E-state index contributed by atoms with van der Waals surface area (Å²) in [5.74, 6) is 0. The zero-order valence-corrected chi connectivity index (χ0v) is 13.4. The number of benzene rings is 1. The molecule has 2 heteroatoms. The summed E-state index contributed by atoms with van der Waals surface area (Å²) in [6, 6.07) is 6.45. The van der Waals surface area contributed by atoms with Crippen LogP contribution in [0, 0.1) is 0 Å². The average Bonchev–Trinajstić information content (AvgIpc) is 2.50. The van der Waals surface area contributed by atoms with Gasteiger partial charge in [-0.05, 0) is 43.0 Å². The van der Waals surface area contributed by atoms with Crippen LogP contribution in [0.15, 0.2) is 41.4 Å². The van der Waals surface area contributed by atoms with Gasteiger partial charge in [-0.3, -0.25) is 4.99 Å². The number of aliphatic imine (C=N–C) groups is 1. The van der Waals surface area contributed by atoms with Crippen molar-refractivity contribution in [2.24, 2.45) is 4.99 Å². The summed E-state index contributed by atoms with van der Waals surface area (Å²) < 4.78 is 0. The van der Waals surface area contributed by atoms with Gasteiger partial charge in [-0.1, -0.05) is 50.1 Å². The minimum atomic E-state index is 1.09. The average molecular weight is 282 g/mol. The van der Waals surface area contributed by atoms with Gasteiger partial charge in [0.2, 0.25) is 0 Å². The zero-order chi connectivity index (χ0) is 15.5. The molecular formula is C19H26N2. The smallest absolute Gasteiger partial charge is 0.0411 e. The first-order valence-electron chi connectivity index (χ1n) is 7.54. The van der Waals surface area contributed by atoms with Crippen molar-refractivity contribution >= 4 is 24.7 Å². The van der Waals surface area contributed by atoms with Crippen LogP contribution in [-0.4, -0.2) is 13.8 Å². The Labute approximate surface area is 128 Å². The number of hydrogen-bond acceptors (Lipinski definition) is 2. The normalized spacial score (nSPS) is 14.0. The molecule has 0 saturated carbocycles. The van der Waals surface area contributed by atoms with Crippen LogP contribution < -0.4 is 15.8 Å². The summed E-state index contributed by atoms with van der Waals surface area (Å²) in [5, 5.41) is 5.57. The maximum atomic E-state index is 3.93. The van der Waals surface area contributed by atoms with Crippen LogP contribution in [0.1, 0.15) is 38.7 Å². The molecule has 0 atom stereocenters. The van der Waals surface area contributed by atoms with Gasteiger partial charge in [-0.2, -0.15) is 0 Å². The largest absolute Gasteiger partial charge is 0.388 e. The van der Waals surface area contributed by atoms with Crippen molar-refractivity contribution in [2.75, 3.05) is 7.05 Å². The van der Waals surface area contributed by atoms with Crippen LogP contribution in [0.3, 0.4) is 0 Å². The maximum absolute atomic E-state index is 3.93. The van der Waals surface area contributed by atoms with Gasteiger partial charge in [0.1, 0.15) is 0 Å². The number of nitrogens with zero attached hydrogens (tertiary/aromatic N) is 1. The SMILES string of the molecule is C=N/C=c1/cc(/C(=C/C=C\C)NC)cc/c1=C/CCCC. The molecule has 112 valence electrons. The molecule has 1 aromatic rings. The second-order valence-electron chi connectivity index (χ2n) is 4.86. The highest BCUT2D eigenvalue weighted by molar-refractivity contribution is 5.65. The van der Waals surface area contributed by atoms with Gasteiger partial charge in [-0.25, -0.2) is 0 Å². The van der Waals surface area contributed by atoms with E-state index >= 15 is 0 Å². The number of allylic oxidation sites excluding steroid dienone is 3. The van der Waals surface area contributed by atoms with Crippen molar-refractivity contribution < 1.29 is 0 Å². The third-order valence-corrected chi connectivity index (χ3v) is 3.27. The van der Waals surface area contributed by atoms with Crippen molar-refractivity contribution in [1.82, 2.24) is 5.32 Å². The summed E-state index contributed by atoms with van der Waals surface area (Å²) in [5.41, 5.74) is 2.24. The van der Waals surface area contributed by atoms with E-state index in [2.05, 4.69) is 54.3 Å². The lowest BCUT2D eigenvalue weighted by Gasteiger charge is -2.06. The lowest BCUT2D eigenvalue weighted by atomic mass is 10.1. The molecule has 0 radical (unpaired) electrons. The van der Waals surface area contributed by atoms with Gasteiger partial charge < -0.3 is 5.32 Å². The minimum Gasteiger partial charge on any atom is -0.388 e. The molecule has 0 amide bonds. The van der Waals surface area contributed by atoms with E-state index in [9.17, 15) is 0 Å². The molecule has 21 heavy (non-hydrogen) atoms. The monoisotopic (exact) mass is 282 g/mol. The highest BCUT2D eigenvalue weighted by Gasteiger charge is 1.98. The molecule has 1 rings (SSSR count). The van der Waals surface area contributed by atoms with Gasteiger partial charge in [-0.15, -0.1) is 0 Å². The summed E-state index contributed by atoms with van der Waals surface area (Å²) in [6.07, 6.45) is 13.7. The quantitative estimate of drug-likeness (QED) is 0.463. The topological polar surface area (TPSA) is 24.4 Å². The van der Waals surface area contributed by atoms with Gasteiger partial charge in [0.15, 0.2) is 0 Å². The number of rotatable bonds is 7. The van der Waals surface area contributed by atoms with E-state index in [-0.39, 0.29) is 0 Å². The Morgan fingerprint density at radius 1 is 1.33 bits per heavy atom. The van der Waals surface area contributed by atoms with Crippen molar-refractivity contribution in [3.8, 4) is 0 Å². The van der Waals surface area contributed by atoms with E-state index in [1.807, 2.05) is 32.3 Å². The highest BCUT2D eigenvalue weighted by Crippen LogP contribution is 2.07. The number of hydrogen-bond donors (Lipinski definition) is 1. The molecule has 0 bridgehead atoms. The van der Waals surface area contributed by atoms with E-state index in [1.165, 1.54) is 18.1 Å². The highest BCUT2D eigenvalue weighted by atomic mass is 14.8. The standard InChI is InChI=1S/C19H26N2/c1-5-7-9-10-16-12-13-17(14-18(16)15-20-3)19(21-4)11-8-6-2/h6,8,10-15,21H,3,5,7,9H2,1-2,4H3/b8-6-,16-10-,18-15-,19-11-. The zero-order valence-electron chi connectivity index (χ0n) is 13.4. The summed E-state index contributed by atoms with van der Waals surface area (Å²) in [7, 11) is 1.94. The maximum Gasteiger partial charge on any atom is 0.0411 e. The van der Waals surface area contributed by atoms with E-state index < -0.39 is 0 Å². The van der Waals surface area contributed by atoms with Crippen LogP contribution in [0.2, 0.25) is 0 Å². The van der Waals surface area contributed by atoms with Crippen molar-refractivity contribution in [2.45, 2.75) is 33.1 Å². The molecule has 0 unspecified atom stereocenters. The van der Waals surface area contributed by atoms with Crippen LogP contribution >= 0.6 is 0 Å². The lowest BCUT2D eigenvalue weighted by Crippen LogP contribution is -2.25. The predicted molar refractivity (Wildman–Crippen MR) is 95.5 cm³/mol. The van der Waals surface area contributed by atoms with Crippen LogP contribution in [0.25, 0.3) is 18.0 Å². The Morgan fingerprint density at radius 3 is 2.76 bits per heavy atom. The fraction of sp³-hybridized carbons (Fsp3) is 0.316. The number of unbranched alkanes of at least 4 members (excludes halogenated alkanes) is 2. The Balaban J connectivity index is 3.29. The Hall–Kier alpha value is -2.09. The first kappa shape index (κ1) is 17.0. The molecule has 1 aromatic carbocycles. The molecule has 0 aliphatic heterocycles. The van der Waals surface area contributed by atoms with E-state index in [4.69, 9.17) is 0 Å². The molecule has 0 fully saturated rings. The third-order valence-electron chi connectivity index (χ3n) is 3.27. The second kappa shape index (κ2) is 9.76. The van der Waals surface area contributed by atoms with Gasteiger partial charge in [0.25, 0.3) is 0 Å². The molecule has 0 aliphatic carbocycles. The van der Waals surface area contributed by atoms with Gasteiger partial charge >= 0.3 is 0 Å².